The van der Waals surface area contributed by atoms with Crippen molar-refractivity contribution in [2.75, 3.05) is 0 Å². The molecular weight excluding hydrogens is 420 g/mol. The van der Waals surface area contributed by atoms with Gasteiger partial charge < -0.3 is 15.4 Å². The van der Waals surface area contributed by atoms with E-state index in [9.17, 15) is 9.90 Å². The molecule has 0 saturated carbocycles. The predicted octanol–water partition coefficient (Wildman–Crippen LogP) is 2.83. The van der Waals surface area contributed by atoms with Crippen molar-refractivity contribution in [3.63, 3.8) is 0 Å². The molecule has 4 aromatic rings. The molecular formula is C23H26N8O2. The second-order valence-electron chi connectivity index (χ2n) is 9.96. The summed E-state index contributed by atoms with van der Waals surface area (Å²) in [5.74, 6) is 0.0116. The number of piperidine rings is 1. The second-order valence-corrected chi connectivity index (χ2v) is 9.96. The van der Waals surface area contributed by atoms with E-state index < -0.39 is 0 Å². The molecule has 0 bridgehead atoms. The van der Waals surface area contributed by atoms with Gasteiger partial charge in [0.15, 0.2) is 0 Å². The van der Waals surface area contributed by atoms with Crippen LogP contribution in [0.4, 0.5) is 0 Å². The van der Waals surface area contributed by atoms with E-state index in [2.05, 4.69) is 63.5 Å². The van der Waals surface area contributed by atoms with E-state index in [1.807, 2.05) is 4.68 Å². The summed E-state index contributed by atoms with van der Waals surface area (Å²) in [5.41, 5.74) is 3.00. The van der Waals surface area contributed by atoms with Crippen LogP contribution in [0.3, 0.4) is 0 Å². The molecule has 1 aromatic carbocycles. The van der Waals surface area contributed by atoms with Crippen LogP contribution >= 0.6 is 0 Å². The molecule has 1 fully saturated rings. The summed E-state index contributed by atoms with van der Waals surface area (Å²) in [7, 11) is 0. The average molecular weight is 447 g/mol. The number of benzene rings is 1. The van der Waals surface area contributed by atoms with Crippen molar-refractivity contribution in [2.45, 2.75) is 57.7 Å². The van der Waals surface area contributed by atoms with Gasteiger partial charge in [-0.25, -0.2) is 9.67 Å². The van der Waals surface area contributed by atoms with E-state index >= 15 is 0 Å². The van der Waals surface area contributed by atoms with E-state index in [-0.39, 0.29) is 28.4 Å². The average Bonchev–Trinajstić information content (AvgIpc) is 3.15. The van der Waals surface area contributed by atoms with Crippen LogP contribution in [0.15, 0.2) is 41.5 Å². The van der Waals surface area contributed by atoms with Crippen molar-refractivity contribution in [2.24, 2.45) is 0 Å². The zero-order valence-corrected chi connectivity index (χ0v) is 19.0. The fourth-order valence-corrected chi connectivity index (χ4v) is 5.00. The molecule has 0 radical (unpaired) electrons. The number of rotatable bonds is 3. The summed E-state index contributed by atoms with van der Waals surface area (Å²) in [6.45, 7) is 8.77. The molecule has 0 spiro atoms. The highest BCUT2D eigenvalue weighted by Gasteiger charge is 2.39. The maximum Gasteiger partial charge on any atom is 0.251 e. The monoisotopic (exact) mass is 446 g/mol. The lowest BCUT2D eigenvalue weighted by molar-refractivity contribution is 0.127. The summed E-state index contributed by atoms with van der Waals surface area (Å²) in [5, 5.41) is 31.8. The fraction of sp³-hybridized carbons (Fsp3) is 0.391. The second kappa shape index (κ2) is 7.45. The molecule has 1 saturated heterocycles. The number of H-pyrrole nitrogens is 1. The Morgan fingerprint density at radius 2 is 1.76 bits per heavy atom. The summed E-state index contributed by atoms with van der Waals surface area (Å²) in [6.07, 6.45) is 3.13. The lowest BCUT2D eigenvalue weighted by Crippen LogP contribution is -2.58. The Balaban J connectivity index is 1.48. The standard InChI is InChI=1S/C23H26N8O2/c1-22(2)10-14(11-23(3,4)29-22)31-21-18(27-30-31)8-17(26-28-21)15-6-5-13(7-19(15)32)16-9-20(33)25-12-24-16/h5-9,12,14,29,32H,10-11H2,1-4H3,(H,24,25,33). The van der Waals surface area contributed by atoms with Gasteiger partial charge in [0.25, 0.3) is 5.56 Å². The van der Waals surface area contributed by atoms with Crippen LogP contribution in [0.5, 0.6) is 5.75 Å². The minimum atomic E-state index is -0.261. The zero-order chi connectivity index (χ0) is 23.4. The first kappa shape index (κ1) is 21.2. The van der Waals surface area contributed by atoms with Crippen molar-refractivity contribution < 1.29 is 5.11 Å². The van der Waals surface area contributed by atoms with Crippen molar-refractivity contribution in [3.8, 4) is 28.3 Å². The van der Waals surface area contributed by atoms with Gasteiger partial charge in [0.05, 0.1) is 23.8 Å². The normalized spacial score (nSPS) is 17.9. The van der Waals surface area contributed by atoms with Gasteiger partial charge in [0.1, 0.15) is 11.3 Å². The lowest BCUT2D eigenvalue weighted by atomic mass is 9.80. The van der Waals surface area contributed by atoms with Crippen molar-refractivity contribution >= 4 is 11.2 Å². The van der Waals surface area contributed by atoms with Gasteiger partial charge in [-0.15, -0.1) is 15.3 Å². The molecule has 33 heavy (non-hydrogen) atoms. The summed E-state index contributed by atoms with van der Waals surface area (Å²) < 4.78 is 1.87. The maximum atomic E-state index is 11.6. The highest BCUT2D eigenvalue weighted by Crippen LogP contribution is 2.37. The molecule has 4 heterocycles. The SMILES string of the molecule is CC1(C)CC(n2nnc3cc(-c4ccc(-c5cc(=O)[nH]cn5)cc4O)nnc32)CC(C)(C)N1. The summed E-state index contributed by atoms with van der Waals surface area (Å²) in [6, 6.07) is 8.37. The molecule has 1 aliphatic heterocycles. The molecule has 0 atom stereocenters. The quantitative estimate of drug-likeness (QED) is 0.437. The van der Waals surface area contributed by atoms with Gasteiger partial charge in [-0.05, 0) is 58.7 Å². The van der Waals surface area contributed by atoms with Crippen molar-refractivity contribution in [1.29, 1.82) is 0 Å². The number of nitrogens with zero attached hydrogens (tertiary/aromatic N) is 6. The van der Waals surface area contributed by atoms with E-state index in [1.54, 1.807) is 24.3 Å². The first-order chi connectivity index (χ1) is 15.6. The largest absolute Gasteiger partial charge is 0.507 e. The molecule has 10 heteroatoms. The Labute approximate surface area is 190 Å². The molecule has 3 N–H and O–H groups in total. The Kier molecular flexibility index (Phi) is 4.78. The minimum absolute atomic E-state index is 0.0116. The molecule has 0 aliphatic carbocycles. The van der Waals surface area contributed by atoms with Gasteiger partial charge in [0, 0.05) is 28.3 Å². The van der Waals surface area contributed by atoms with Gasteiger partial charge >= 0.3 is 0 Å². The third-order valence-corrected chi connectivity index (χ3v) is 5.98. The third-order valence-electron chi connectivity index (χ3n) is 5.98. The number of aromatic amines is 1. The molecule has 170 valence electrons. The minimum Gasteiger partial charge on any atom is -0.507 e. The van der Waals surface area contributed by atoms with Crippen LogP contribution < -0.4 is 10.9 Å². The Bertz CT molecular complexity index is 1390. The molecule has 0 amide bonds. The Morgan fingerprint density at radius 1 is 1.00 bits per heavy atom. The molecule has 10 nitrogen and oxygen atoms in total. The Morgan fingerprint density at radius 3 is 2.45 bits per heavy atom. The smallest absolute Gasteiger partial charge is 0.251 e. The van der Waals surface area contributed by atoms with Crippen LogP contribution in [0.25, 0.3) is 33.7 Å². The summed E-state index contributed by atoms with van der Waals surface area (Å²) in [4.78, 5) is 18.2. The lowest BCUT2D eigenvalue weighted by Gasteiger charge is -2.46. The number of nitrogens with one attached hydrogen (secondary N) is 2. The number of hydrogen-bond donors (Lipinski definition) is 3. The van der Waals surface area contributed by atoms with Crippen LogP contribution in [-0.2, 0) is 0 Å². The summed E-state index contributed by atoms with van der Waals surface area (Å²) >= 11 is 0. The van der Waals surface area contributed by atoms with Crippen molar-refractivity contribution in [1.82, 2.24) is 40.5 Å². The van der Waals surface area contributed by atoms with Crippen LogP contribution in [0.1, 0.15) is 46.6 Å². The topological polar surface area (TPSA) is 134 Å². The fourth-order valence-electron chi connectivity index (χ4n) is 5.00. The number of aromatic hydroxyl groups is 1. The Hall–Kier alpha value is -3.66. The molecule has 1 aliphatic rings. The first-order valence-corrected chi connectivity index (χ1v) is 10.9. The van der Waals surface area contributed by atoms with E-state index in [0.717, 1.165) is 12.8 Å². The number of phenols is 1. The zero-order valence-electron chi connectivity index (χ0n) is 19.0. The van der Waals surface area contributed by atoms with Gasteiger partial charge in [-0.3, -0.25) is 4.79 Å². The number of hydrogen-bond acceptors (Lipinski definition) is 8. The number of phenolic OH excluding ortho intramolecular Hbond substituents is 1. The van der Waals surface area contributed by atoms with Crippen molar-refractivity contribution in [3.05, 3.63) is 47.0 Å². The van der Waals surface area contributed by atoms with E-state index in [4.69, 9.17) is 0 Å². The maximum absolute atomic E-state index is 11.6. The van der Waals surface area contributed by atoms with Crippen LogP contribution in [-0.4, -0.2) is 51.3 Å². The van der Waals surface area contributed by atoms with Gasteiger partial charge in [0.2, 0.25) is 5.65 Å². The van der Waals surface area contributed by atoms with E-state index in [0.29, 0.717) is 33.7 Å². The highest BCUT2D eigenvalue weighted by atomic mass is 16.3. The van der Waals surface area contributed by atoms with Gasteiger partial charge in [-0.1, -0.05) is 11.3 Å². The van der Waals surface area contributed by atoms with E-state index in [1.165, 1.54) is 12.4 Å². The molecule has 5 rings (SSSR count). The van der Waals surface area contributed by atoms with Crippen LogP contribution in [0.2, 0.25) is 0 Å². The molecule has 3 aromatic heterocycles. The first-order valence-electron chi connectivity index (χ1n) is 10.9. The predicted molar refractivity (Wildman–Crippen MR) is 124 cm³/mol. The molecule has 0 unspecified atom stereocenters. The number of aromatic nitrogens is 7. The third kappa shape index (κ3) is 4.09. The van der Waals surface area contributed by atoms with Gasteiger partial charge in [-0.2, -0.15) is 0 Å². The highest BCUT2D eigenvalue weighted by molar-refractivity contribution is 5.79. The van der Waals surface area contributed by atoms with Crippen LogP contribution in [0, 0.1) is 0 Å². The number of fused-ring (bicyclic) bond motifs is 1.